The number of aromatic nitrogens is 4. The maximum absolute atomic E-state index is 12.2. The van der Waals surface area contributed by atoms with Crippen LogP contribution in [0.5, 0.6) is 5.75 Å². The van der Waals surface area contributed by atoms with Gasteiger partial charge in [0.1, 0.15) is 12.3 Å². The summed E-state index contributed by atoms with van der Waals surface area (Å²) >= 11 is 6.11. The predicted molar refractivity (Wildman–Crippen MR) is 99.7 cm³/mol. The fraction of sp³-hybridized carbons (Fsp3) is 0.278. The lowest BCUT2D eigenvalue weighted by Gasteiger charge is -2.05. The molecule has 0 aliphatic carbocycles. The van der Waals surface area contributed by atoms with E-state index in [9.17, 15) is 4.79 Å². The van der Waals surface area contributed by atoms with Crippen LogP contribution < -0.4 is 10.1 Å². The van der Waals surface area contributed by atoms with Crippen LogP contribution in [0.15, 0.2) is 36.7 Å². The molecule has 0 atom stereocenters. The number of anilines is 1. The Labute approximate surface area is 156 Å². The van der Waals surface area contributed by atoms with E-state index in [1.54, 1.807) is 28.9 Å². The summed E-state index contributed by atoms with van der Waals surface area (Å²) in [7, 11) is 1.64. The van der Waals surface area contributed by atoms with E-state index in [0.29, 0.717) is 22.9 Å². The monoisotopic (exact) mass is 373 g/mol. The molecule has 1 aromatic carbocycles. The molecule has 0 saturated heterocycles. The van der Waals surface area contributed by atoms with E-state index in [1.165, 1.54) is 0 Å². The number of benzene rings is 1. The molecule has 0 radical (unpaired) electrons. The smallest absolute Gasteiger partial charge is 0.246 e. The van der Waals surface area contributed by atoms with E-state index in [1.807, 2.05) is 38.1 Å². The number of carbonyl (C=O) groups is 1. The molecule has 0 aliphatic rings. The molecule has 0 saturated carbocycles. The van der Waals surface area contributed by atoms with Crippen molar-refractivity contribution in [1.82, 2.24) is 19.6 Å². The highest BCUT2D eigenvalue weighted by Crippen LogP contribution is 2.19. The van der Waals surface area contributed by atoms with Crippen LogP contribution in [0.2, 0.25) is 5.02 Å². The zero-order valence-corrected chi connectivity index (χ0v) is 15.6. The van der Waals surface area contributed by atoms with Gasteiger partial charge in [0.15, 0.2) is 0 Å². The summed E-state index contributed by atoms with van der Waals surface area (Å²) in [4.78, 5) is 12.2. The van der Waals surface area contributed by atoms with E-state index in [0.717, 1.165) is 17.0 Å². The third kappa shape index (κ3) is 4.05. The summed E-state index contributed by atoms with van der Waals surface area (Å²) in [5.74, 6) is 0.611. The lowest BCUT2D eigenvalue weighted by atomic mass is 10.2. The Morgan fingerprint density at radius 3 is 2.85 bits per heavy atom. The average Bonchev–Trinajstić information content (AvgIpc) is 3.15. The number of rotatable bonds is 6. The zero-order valence-electron chi connectivity index (χ0n) is 14.9. The lowest BCUT2D eigenvalue weighted by Crippen LogP contribution is -2.20. The average molecular weight is 374 g/mol. The number of carbonyl (C=O) groups excluding carboxylic acids is 1. The molecule has 7 nitrogen and oxygen atoms in total. The molecule has 2 heterocycles. The highest BCUT2D eigenvalue weighted by molar-refractivity contribution is 6.31. The van der Waals surface area contributed by atoms with Crippen LogP contribution in [-0.4, -0.2) is 32.6 Å². The Balaban J connectivity index is 1.62. The first-order chi connectivity index (χ1) is 12.5. The third-order valence-corrected chi connectivity index (χ3v) is 4.53. The second kappa shape index (κ2) is 7.61. The van der Waals surface area contributed by atoms with Crippen molar-refractivity contribution in [2.75, 3.05) is 12.4 Å². The van der Waals surface area contributed by atoms with Crippen molar-refractivity contribution < 1.29 is 9.53 Å². The molecule has 26 heavy (non-hydrogen) atoms. The summed E-state index contributed by atoms with van der Waals surface area (Å²) in [6.07, 6.45) is 3.40. The van der Waals surface area contributed by atoms with Gasteiger partial charge in [0.05, 0.1) is 41.9 Å². The van der Waals surface area contributed by atoms with E-state index in [2.05, 4.69) is 15.5 Å². The van der Waals surface area contributed by atoms with Crippen molar-refractivity contribution in [1.29, 1.82) is 0 Å². The van der Waals surface area contributed by atoms with Crippen molar-refractivity contribution in [3.63, 3.8) is 0 Å². The van der Waals surface area contributed by atoms with E-state index in [-0.39, 0.29) is 12.5 Å². The quantitative estimate of drug-likeness (QED) is 0.720. The number of nitrogens with one attached hydrogen (secondary N) is 1. The first-order valence-corrected chi connectivity index (χ1v) is 8.49. The normalized spacial score (nSPS) is 10.8. The SMILES string of the molecule is COc1cccc(Cn2cc(NC(=O)Cn3nc(C)c(Cl)c3C)cn2)c1. The van der Waals surface area contributed by atoms with E-state index >= 15 is 0 Å². The fourth-order valence-electron chi connectivity index (χ4n) is 2.64. The van der Waals surface area contributed by atoms with Crippen LogP contribution in [0.4, 0.5) is 5.69 Å². The lowest BCUT2D eigenvalue weighted by molar-refractivity contribution is -0.116. The van der Waals surface area contributed by atoms with Gasteiger partial charge >= 0.3 is 0 Å². The molecule has 3 rings (SSSR count). The maximum atomic E-state index is 12.2. The molecule has 8 heteroatoms. The van der Waals surface area contributed by atoms with Gasteiger partial charge in [-0.15, -0.1) is 0 Å². The zero-order chi connectivity index (χ0) is 18.7. The number of ether oxygens (including phenoxy) is 1. The van der Waals surface area contributed by atoms with Gasteiger partial charge in [0.25, 0.3) is 0 Å². The van der Waals surface area contributed by atoms with Crippen LogP contribution in [-0.2, 0) is 17.9 Å². The molecule has 0 unspecified atom stereocenters. The fourth-order valence-corrected chi connectivity index (χ4v) is 2.77. The summed E-state index contributed by atoms with van der Waals surface area (Å²) in [5.41, 5.74) is 3.17. The second-order valence-corrected chi connectivity index (χ2v) is 6.35. The van der Waals surface area contributed by atoms with Crippen molar-refractivity contribution >= 4 is 23.2 Å². The standard InChI is InChI=1S/C18H20ClN5O2/c1-12-18(19)13(2)24(22-12)11-17(25)21-15-8-20-23(10-15)9-14-5-4-6-16(7-14)26-3/h4-8,10H,9,11H2,1-3H3,(H,21,25). The maximum Gasteiger partial charge on any atom is 0.246 e. The Bertz CT molecular complexity index is 932. The van der Waals surface area contributed by atoms with Crippen molar-refractivity contribution in [3.05, 3.63) is 58.6 Å². The van der Waals surface area contributed by atoms with Gasteiger partial charge in [-0.2, -0.15) is 10.2 Å². The molecule has 0 aliphatic heterocycles. The third-order valence-electron chi connectivity index (χ3n) is 3.98. The molecule has 1 amide bonds. The van der Waals surface area contributed by atoms with Gasteiger partial charge in [-0.05, 0) is 31.5 Å². The van der Waals surface area contributed by atoms with Gasteiger partial charge < -0.3 is 10.1 Å². The molecular formula is C18H20ClN5O2. The Hall–Kier alpha value is -2.80. The van der Waals surface area contributed by atoms with E-state index in [4.69, 9.17) is 16.3 Å². The highest BCUT2D eigenvalue weighted by atomic mass is 35.5. The number of hydrogen-bond donors (Lipinski definition) is 1. The van der Waals surface area contributed by atoms with Crippen LogP contribution in [0.25, 0.3) is 0 Å². The van der Waals surface area contributed by atoms with Gasteiger partial charge in [0, 0.05) is 6.20 Å². The molecule has 2 aromatic heterocycles. The Morgan fingerprint density at radius 1 is 1.35 bits per heavy atom. The minimum atomic E-state index is -0.187. The summed E-state index contributed by atoms with van der Waals surface area (Å²) < 4.78 is 8.57. The number of aryl methyl sites for hydroxylation is 1. The largest absolute Gasteiger partial charge is 0.497 e. The van der Waals surface area contributed by atoms with Gasteiger partial charge in [0.2, 0.25) is 5.91 Å². The molecular weight excluding hydrogens is 354 g/mol. The van der Waals surface area contributed by atoms with Crippen molar-refractivity contribution in [2.45, 2.75) is 26.9 Å². The topological polar surface area (TPSA) is 74.0 Å². The van der Waals surface area contributed by atoms with Crippen LogP contribution in [0.3, 0.4) is 0 Å². The molecule has 136 valence electrons. The summed E-state index contributed by atoms with van der Waals surface area (Å²) in [5, 5.41) is 12.0. The number of nitrogens with zero attached hydrogens (tertiary/aromatic N) is 4. The number of hydrogen-bond acceptors (Lipinski definition) is 4. The van der Waals surface area contributed by atoms with Crippen LogP contribution in [0.1, 0.15) is 17.0 Å². The molecule has 1 N–H and O–H groups in total. The predicted octanol–water partition coefficient (Wildman–Crippen LogP) is 3.05. The summed E-state index contributed by atoms with van der Waals surface area (Å²) in [6.45, 7) is 4.33. The second-order valence-electron chi connectivity index (χ2n) is 5.97. The Morgan fingerprint density at radius 2 is 2.15 bits per heavy atom. The van der Waals surface area contributed by atoms with Crippen molar-refractivity contribution in [2.24, 2.45) is 0 Å². The van der Waals surface area contributed by atoms with Crippen LogP contribution in [0, 0.1) is 13.8 Å². The minimum absolute atomic E-state index is 0.0977. The summed E-state index contributed by atoms with van der Waals surface area (Å²) in [6, 6.07) is 7.77. The minimum Gasteiger partial charge on any atom is -0.497 e. The van der Waals surface area contributed by atoms with E-state index < -0.39 is 0 Å². The molecule has 0 bridgehead atoms. The highest BCUT2D eigenvalue weighted by Gasteiger charge is 2.13. The van der Waals surface area contributed by atoms with Gasteiger partial charge in [-0.1, -0.05) is 23.7 Å². The van der Waals surface area contributed by atoms with Crippen LogP contribution >= 0.6 is 11.6 Å². The number of halogens is 1. The first kappa shape index (κ1) is 18.0. The van der Waals surface area contributed by atoms with Crippen molar-refractivity contribution in [3.8, 4) is 5.75 Å². The Kier molecular flexibility index (Phi) is 5.27. The number of amides is 1. The van der Waals surface area contributed by atoms with Gasteiger partial charge in [-0.3, -0.25) is 14.2 Å². The number of methoxy groups -OCH3 is 1. The molecule has 3 aromatic rings. The molecule has 0 spiro atoms. The molecule has 0 fully saturated rings. The van der Waals surface area contributed by atoms with Gasteiger partial charge in [-0.25, -0.2) is 0 Å². The first-order valence-electron chi connectivity index (χ1n) is 8.11.